The van der Waals surface area contributed by atoms with Crippen LogP contribution in [0.3, 0.4) is 0 Å². The highest BCUT2D eigenvalue weighted by atomic mass is 16.2. The zero-order chi connectivity index (χ0) is 18.7. The molecule has 2 aliphatic heterocycles. The minimum atomic E-state index is -0.444. The molecule has 0 aliphatic carbocycles. The summed E-state index contributed by atoms with van der Waals surface area (Å²) >= 11 is 0. The van der Waals surface area contributed by atoms with Crippen molar-refractivity contribution in [1.82, 2.24) is 14.7 Å². The minimum absolute atomic E-state index is 0.0752. The van der Waals surface area contributed by atoms with E-state index in [9.17, 15) is 14.4 Å². The van der Waals surface area contributed by atoms with Crippen LogP contribution in [-0.4, -0.2) is 65.1 Å². The third kappa shape index (κ3) is 3.89. The van der Waals surface area contributed by atoms with Crippen LogP contribution in [0.2, 0.25) is 0 Å². The SMILES string of the molecule is CCN1CCN(Cc2ccc(C(=O)N3CCC(C)CC3)cc2)C(=O)C1=O. The summed E-state index contributed by atoms with van der Waals surface area (Å²) in [5.41, 5.74) is 1.61. The summed E-state index contributed by atoms with van der Waals surface area (Å²) in [5, 5.41) is 0. The van der Waals surface area contributed by atoms with Gasteiger partial charge in [0.25, 0.3) is 5.91 Å². The molecule has 0 radical (unpaired) electrons. The van der Waals surface area contributed by atoms with Crippen LogP contribution in [0.4, 0.5) is 0 Å². The smallest absolute Gasteiger partial charge is 0.312 e. The number of hydrogen-bond donors (Lipinski definition) is 0. The van der Waals surface area contributed by atoms with E-state index in [1.807, 2.05) is 36.1 Å². The van der Waals surface area contributed by atoms with Crippen molar-refractivity contribution in [3.8, 4) is 0 Å². The molecule has 0 aromatic heterocycles. The first kappa shape index (κ1) is 18.4. The molecule has 0 N–H and O–H groups in total. The van der Waals surface area contributed by atoms with Gasteiger partial charge in [0.05, 0.1) is 0 Å². The lowest BCUT2D eigenvalue weighted by molar-refractivity contribution is -0.156. The van der Waals surface area contributed by atoms with Crippen LogP contribution in [0.5, 0.6) is 0 Å². The summed E-state index contributed by atoms with van der Waals surface area (Å²) in [5.74, 6) is -0.105. The molecule has 3 rings (SSSR count). The maximum atomic E-state index is 12.6. The van der Waals surface area contributed by atoms with Crippen molar-refractivity contribution in [3.63, 3.8) is 0 Å². The topological polar surface area (TPSA) is 60.9 Å². The lowest BCUT2D eigenvalue weighted by Crippen LogP contribution is -2.53. The molecule has 0 bridgehead atoms. The minimum Gasteiger partial charge on any atom is -0.339 e. The normalized spacial score (nSPS) is 19.2. The van der Waals surface area contributed by atoms with E-state index in [2.05, 4.69) is 6.92 Å². The van der Waals surface area contributed by atoms with Crippen LogP contribution >= 0.6 is 0 Å². The molecule has 0 unspecified atom stereocenters. The monoisotopic (exact) mass is 357 g/mol. The first-order chi connectivity index (χ1) is 12.5. The van der Waals surface area contributed by atoms with Crippen molar-refractivity contribution < 1.29 is 14.4 Å². The molecule has 3 amide bonds. The van der Waals surface area contributed by atoms with Crippen LogP contribution in [0, 0.1) is 5.92 Å². The second kappa shape index (κ2) is 7.89. The van der Waals surface area contributed by atoms with E-state index >= 15 is 0 Å². The van der Waals surface area contributed by atoms with Gasteiger partial charge in [0.15, 0.2) is 0 Å². The van der Waals surface area contributed by atoms with Gasteiger partial charge in [-0.05, 0) is 43.4 Å². The second-order valence-corrected chi connectivity index (χ2v) is 7.28. The van der Waals surface area contributed by atoms with E-state index in [1.54, 1.807) is 9.80 Å². The predicted molar refractivity (Wildman–Crippen MR) is 98.4 cm³/mol. The van der Waals surface area contributed by atoms with Gasteiger partial charge in [0, 0.05) is 44.8 Å². The summed E-state index contributed by atoms with van der Waals surface area (Å²) in [7, 11) is 0. The number of rotatable bonds is 4. The molecule has 26 heavy (non-hydrogen) atoms. The molecule has 2 heterocycles. The van der Waals surface area contributed by atoms with Crippen molar-refractivity contribution in [2.24, 2.45) is 5.92 Å². The van der Waals surface area contributed by atoms with Crippen LogP contribution in [0.25, 0.3) is 0 Å². The number of carbonyl (C=O) groups is 3. The largest absolute Gasteiger partial charge is 0.339 e. The van der Waals surface area contributed by atoms with Gasteiger partial charge in [-0.3, -0.25) is 14.4 Å². The zero-order valence-corrected chi connectivity index (χ0v) is 15.6. The molecule has 6 nitrogen and oxygen atoms in total. The number of benzene rings is 1. The number of piperazine rings is 1. The average molecular weight is 357 g/mol. The first-order valence-corrected chi connectivity index (χ1v) is 9.46. The highest BCUT2D eigenvalue weighted by Gasteiger charge is 2.31. The Morgan fingerprint density at radius 2 is 1.54 bits per heavy atom. The van der Waals surface area contributed by atoms with Gasteiger partial charge in [-0.1, -0.05) is 19.1 Å². The van der Waals surface area contributed by atoms with E-state index in [0.717, 1.165) is 31.5 Å². The van der Waals surface area contributed by atoms with Gasteiger partial charge in [-0.15, -0.1) is 0 Å². The summed E-state index contributed by atoms with van der Waals surface area (Å²) in [6.45, 7) is 7.82. The Hall–Kier alpha value is -2.37. The number of hydrogen-bond acceptors (Lipinski definition) is 3. The average Bonchev–Trinajstić information content (AvgIpc) is 2.66. The third-order valence-electron chi connectivity index (χ3n) is 5.42. The number of likely N-dealkylation sites (tertiary alicyclic amines) is 1. The first-order valence-electron chi connectivity index (χ1n) is 9.46. The highest BCUT2D eigenvalue weighted by molar-refractivity contribution is 6.35. The quantitative estimate of drug-likeness (QED) is 0.772. The fraction of sp³-hybridized carbons (Fsp3) is 0.550. The maximum absolute atomic E-state index is 12.6. The molecule has 0 spiro atoms. The molecule has 140 valence electrons. The maximum Gasteiger partial charge on any atom is 0.312 e. The van der Waals surface area contributed by atoms with Crippen LogP contribution in [-0.2, 0) is 16.1 Å². The Morgan fingerprint density at radius 1 is 0.962 bits per heavy atom. The molecule has 2 fully saturated rings. The molecule has 6 heteroatoms. The van der Waals surface area contributed by atoms with Crippen LogP contribution in [0.15, 0.2) is 24.3 Å². The Kier molecular flexibility index (Phi) is 5.59. The molecular weight excluding hydrogens is 330 g/mol. The van der Waals surface area contributed by atoms with E-state index in [1.165, 1.54) is 0 Å². The summed E-state index contributed by atoms with van der Waals surface area (Å²) in [6, 6.07) is 7.40. The van der Waals surface area contributed by atoms with Crippen LogP contribution in [0.1, 0.15) is 42.6 Å². The van der Waals surface area contributed by atoms with Gasteiger partial charge in [0.1, 0.15) is 0 Å². The number of likely N-dealkylation sites (N-methyl/N-ethyl adjacent to an activating group) is 1. The lowest BCUT2D eigenvalue weighted by atomic mass is 9.98. The molecule has 0 atom stereocenters. The Morgan fingerprint density at radius 3 is 2.15 bits per heavy atom. The van der Waals surface area contributed by atoms with Crippen LogP contribution < -0.4 is 0 Å². The van der Waals surface area contributed by atoms with E-state index in [-0.39, 0.29) is 5.91 Å². The van der Waals surface area contributed by atoms with Crippen molar-refractivity contribution in [2.75, 3.05) is 32.7 Å². The lowest BCUT2D eigenvalue weighted by Gasteiger charge is -2.33. The predicted octanol–water partition coefficient (Wildman–Crippen LogP) is 1.75. The summed E-state index contributed by atoms with van der Waals surface area (Å²) < 4.78 is 0. The molecule has 2 aliphatic rings. The number of piperidine rings is 1. The number of nitrogens with zero attached hydrogens (tertiary/aromatic N) is 3. The van der Waals surface area contributed by atoms with Gasteiger partial charge in [-0.2, -0.15) is 0 Å². The molecule has 2 saturated heterocycles. The molecule has 1 aromatic rings. The van der Waals surface area contributed by atoms with Crippen molar-refractivity contribution >= 4 is 17.7 Å². The third-order valence-corrected chi connectivity index (χ3v) is 5.42. The van der Waals surface area contributed by atoms with Crippen molar-refractivity contribution in [2.45, 2.75) is 33.2 Å². The van der Waals surface area contributed by atoms with E-state index < -0.39 is 11.8 Å². The second-order valence-electron chi connectivity index (χ2n) is 7.28. The van der Waals surface area contributed by atoms with E-state index in [4.69, 9.17) is 0 Å². The Bertz CT molecular complexity index is 678. The van der Waals surface area contributed by atoms with Gasteiger partial charge >= 0.3 is 11.8 Å². The fourth-order valence-corrected chi connectivity index (χ4v) is 3.53. The summed E-state index contributed by atoms with van der Waals surface area (Å²) in [6.07, 6.45) is 2.12. The van der Waals surface area contributed by atoms with Crippen molar-refractivity contribution in [1.29, 1.82) is 0 Å². The Labute approximate surface area is 154 Å². The van der Waals surface area contributed by atoms with Crippen molar-refractivity contribution in [3.05, 3.63) is 35.4 Å². The molecule has 1 aromatic carbocycles. The zero-order valence-electron chi connectivity index (χ0n) is 15.6. The van der Waals surface area contributed by atoms with Gasteiger partial charge < -0.3 is 14.7 Å². The molecular formula is C20H27N3O3. The van der Waals surface area contributed by atoms with E-state index in [0.29, 0.717) is 37.7 Å². The number of carbonyl (C=O) groups excluding carboxylic acids is 3. The number of amides is 3. The Balaban J connectivity index is 1.60. The molecule has 0 saturated carbocycles. The van der Waals surface area contributed by atoms with Gasteiger partial charge in [0.2, 0.25) is 0 Å². The fourth-order valence-electron chi connectivity index (χ4n) is 3.53. The standard InChI is InChI=1S/C20H27N3O3/c1-3-21-12-13-23(20(26)19(21)25)14-16-4-6-17(7-5-16)18(24)22-10-8-15(2)9-11-22/h4-7,15H,3,8-14H2,1-2H3. The summed E-state index contributed by atoms with van der Waals surface area (Å²) in [4.78, 5) is 41.8. The van der Waals surface area contributed by atoms with Gasteiger partial charge in [-0.25, -0.2) is 0 Å². The highest BCUT2D eigenvalue weighted by Crippen LogP contribution is 2.19.